The summed E-state index contributed by atoms with van der Waals surface area (Å²) in [5.41, 5.74) is 2.47. The van der Waals surface area contributed by atoms with E-state index in [1.54, 1.807) is 22.8 Å². The highest BCUT2D eigenvalue weighted by Gasteiger charge is 2.23. The summed E-state index contributed by atoms with van der Waals surface area (Å²) in [5, 5.41) is 2.21. The van der Waals surface area contributed by atoms with Crippen molar-refractivity contribution >= 4 is 51.5 Å². The van der Waals surface area contributed by atoms with Crippen molar-refractivity contribution in [3.63, 3.8) is 0 Å². The molecule has 6 rings (SSSR count). The number of aromatic nitrogens is 2. The summed E-state index contributed by atoms with van der Waals surface area (Å²) in [6, 6.07) is 18.2. The summed E-state index contributed by atoms with van der Waals surface area (Å²) in [6.45, 7) is 8.31. The van der Waals surface area contributed by atoms with Gasteiger partial charge in [-0.1, -0.05) is 59.1 Å². The average Bonchev–Trinajstić information content (AvgIpc) is 3.47. The lowest BCUT2D eigenvalue weighted by atomic mass is 10.1. The molecule has 2 saturated heterocycles. The van der Waals surface area contributed by atoms with Crippen LogP contribution >= 0.6 is 34.8 Å². The van der Waals surface area contributed by atoms with Crippen molar-refractivity contribution in [2.24, 2.45) is 0 Å². The van der Waals surface area contributed by atoms with E-state index in [0.29, 0.717) is 26.3 Å². The minimum atomic E-state index is -0.216. The summed E-state index contributed by atoms with van der Waals surface area (Å²) in [7, 11) is 0. The fourth-order valence-electron chi connectivity index (χ4n) is 5.67. The average molecular weight is 583 g/mol. The van der Waals surface area contributed by atoms with Crippen molar-refractivity contribution in [2.75, 3.05) is 57.3 Å². The number of rotatable bonds is 6. The molecule has 0 amide bonds. The molecular weight excluding hydrogens is 553 g/mol. The Morgan fingerprint density at radius 2 is 1.36 bits per heavy atom. The second-order valence-corrected chi connectivity index (χ2v) is 11.4. The number of likely N-dealkylation sites (tertiary alicyclic amines) is 1. The molecule has 6 nitrogen and oxygen atoms in total. The molecule has 0 bridgehead atoms. The van der Waals surface area contributed by atoms with Crippen molar-refractivity contribution in [1.29, 1.82) is 0 Å². The van der Waals surface area contributed by atoms with Crippen LogP contribution in [-0.2, 0) is 0 Å². The Balaban J connectivity index is 1.42. The maximum absolute atomic E-state index is 13.3. The van der Waals surface area contributed by atoms with E-state index in [1.807, 2.05) is 36.4 Å². The first kappa shape index (κ1) is 26.6. The van der Waals surface area contributed by atoms with Crippen LogP contribution in [0.5, 0.6) is 0 Å². The molecule has 4 aromatic rings. The summed E-state index contributed by atoms with van der Waals surface area (Å²) < 4.78 is 1.60. The summed E-state index contributed by atoms with van der Waals surface area (Å²) in [4.78, 5) is 25.9. The van der Waals surface area contributed by atoms with Crippen LogP contribution in [0.4, 0.5) is 5.82 Å². The third kappa shape index (κ3) is 5.41. The number of fused-ring (bicyclic) bond motifs is 1. The number of para-hydroxylation sites is 1. The molecule has 39 heavy (non-hydrogen) atoms. The lowest BCUT2D eigenvalue weighted by molar-refractivity contribution is 0.215. The van der Waals surface area contributed by atoms with Gasteiger partial charge in [0.1, 0.15) is 5.82 Å². The maximum Gasteiger partial charge on any atom is 0.255 e. The Kier molecular flexibility index (Phi) is 7.83. The van der Waals surface area contributed by atoms with Crippen LogP contribution in [0, 0.1) is 0 Å². The van der Waals surface area contributed by atoms with Gasteiger partial charge < -0.3 is 9.80 Å². The molecule has 2 aliphatic rings. The first-order valence-corrected chi connectivity index (χ1v) is 14.6. The van der Waals surface area contributed by atoms with E-state index in [2.05, 4.69) is 14.7 Å². The molecule has 4 heterocycles. The van der Waals surface area contributed by atoms with Gasteiger partial charge in [-0.05, 0) is 50.2 Å². The molecule has 2 aromatic carbocycles. The minimum Gasteiger partial charge on any atom is -0.354 e. The molecule has 202 valence electrons. The Morgan fingerprint density at radius 3 is 2.05 bits per heavy atom. The Morgan fingerprint density at radius 1 is 0.718 bits per heavy atom. The zero-order valence-corrected chi connectivity index (χ0v) is 23.9. The van der Waals surface area contributed by atoms with Gasteiger partial charge >= 0.3 is 0 Å². The van der Waals surface area contributed by atoms with Crippen molar-refractivity contribution < 1.29 is 0 Å². The van der Waals surface area contributed by atoms with E-state index in [4.69, 9.17) is 39.8 Å². The van der Waals surface area contributed by atoms with E-state index >= 15 is 0 Å². The lowest BCUT2D eigenvalue weighted by Crippen LogP contribution is -2.48. The molecule has 0 radical (unpaired) electrons. The van der Waals surface area contributed by atoms with E-state index in [0.717, 1.165) is 61.7 Å². The van der Waals surface area contributed by atoms with Crippen LogP contribution < -0.4 is 10.5 Å². The molecule has 0 saturated carbocycles. The van der Waals surface area contributed by atoms with Gasteiger partial charge in [-0.25, -0.2) is 4.98 Å². The van der Waals surface area contributed by atoms with E-state index < -0.39 is 0 Å². The molecule has 0 atom stereocenters. The standard InChI is InChI=1S/C30H30Cl3N5O/c31-23-7-2-1-6-21(23)29-22-10-11-28(39)38(30-24(32)8-5-9-25(30)33)26(22)20-27(34-29)37-18-16-36(17-19-37)15-14-35-12-3-4-13-35/h1-2,5-11,20H,3-4,12-19H2. The Hall–Kier alpha value is -2.61. The highest BCUT2D eigenvalue weighted by molar-refractivity contribution is 6.38. The van der Waals surface area contributed by atoms with E-state index in [1.165, 1.54) is 32.0 Å². The molecule has 2 aliphatic heterocycles. The number of hydrogen-bond acceptors (Lipinski definition) is 5. The predicted molar refractivity (Wildman–Crippen MR) is 162 cm³/mol. The first-order valence-electron chi connectivity index (χ1n) is 13.5. The van der Waals surface area contributed by atoms with Crippen molar-refractivity contribution in [3.05, 3.63) is 86.1 Å². The second kappa shape index (κ2) is 11.5. The van der Waals surface area contributed by atoms with Crippen molar-refractivity contribution in [2.45, 2.75) is 12.8 Å². The number of piperazine rings is 1. The minimum absolute atomic E-state index is 0.216. The fourth-order valence-corrected chi connectivity index (χ4v) is 6.46. The Labute approximate surface area is 243 Å². The van der Waals surface area contributed by atoms with Gasteiger partial charge in [0.05, 0.1) is 26.9 Å². The van der Waals surface area contributed by atoms with E-state index in [-0.39, 0.29) is 5.56 Å². The number of benzene rings is 2. The Bertz CT molecular complexity index is 1540. The van der Waals surface area contributed by atoms with Gasteiger partial charge in [0.15, 0.2) is 0 Å². The van der Waals surface area contributed by atoms with Gasteiger partial charge in [0.25, 0.3) is 5.56 Å². The zero-order valence-electron chi connectivity index (χ0n) is 21.6. The molecule has 0 N–H and O–H groups in total. The number of pyridine rings is 2. The topological polar surface area (TPSA) is 44.6 Å². The maximum atomic E-state index is 13.3. The van der Waals surface area contributed by atoms with Crippen molar-refractivity contribution in [1.82, 2.24) is 19.4 Å². The quantitative estimate of drug-likeness (QED) is 0.270. The fraction of sp³-hybridized carbons (Fsp3) is 0.333. The molecule has 9 heteroatoms. The van der Waals surface area contributed by atoms with Crippen LogP contribution in [0.2, 0.25) is 15.1 Å². The number of hydrogen-bond donors (Lipinski definition) is 0. The third-order valence-electron chi connectivity index (χ3n) is 7.79. The zero-order chi connectivity index (χ0) is 26.9. The molecule has 2 fully saturated rings. The summed E-state index contributed by atoms with van der Waals surface area (Å²) in [6.07, 6.45) is 2.64. The van der Waals surface area contributed by atoms with Gasteiger partial charge in [0, 0.05) is 67.4 Å². The number of nitrogens with zero attached hydrogens (tertiary/aromatic N) is 5. The number of halogens is 3. The van der Waals surface area contributed by atoms with Gasteiger partial charge in [-0.3, -0.25) is 14.3 Å². The lowest BCUT2D eigenvalue weighted by Gasteiger charge is -2.36. The first-order chi connectivity index (χ1) is 19.0. The van der Waals surface area contributed by atoms with Gasteiger partial charge in [0.2, 0.25) is 0 Å². The van der Waals surface area contributed by atoms with Crippen molar-refractivity contribution in [3.8, 4) is 16.9 Å². The molecule has 0 unspecified atom stereocenters. The molecule has 0 spiro atoms. The predicted octanol–water partition coefficient (Wildman–Crippen LogP) is 6.23. The molecule has 0 aliphatic carbocycles. The highest BCUT2D eigenvalue weighted by atomic mass is 35.5. The largest absolute Gasteiger partial charge is 0.354 e. The smallest absolute Gasteiger partial charge is 0.255 e. The highest BCUT2D eigenvalue weighted by Crippen LogP contribution is 2.36. The van der Waals surface area contributed by atoms with Crippen LogP contribution in [-0.4, -0.2) is 71.7 Å². The SMILES string of the molecule is O=c1ccc2c(-c3ccccc3Cl)nc(N3CCN(CCN4CCCC4)CC3)cc2n1-c1c(Cl)cccc1Cl. The third-order valence-corrected chi connectivity index (χ3v) is 8.73. The molecular formula is C30H30Cl3N5O. The van der Waals surface area contributed by atoms with Gasteiger partial charge in [-0.2, -0.15) is 0 Å². The normalized spacial score (nSPS) is 16.8. The van der Waals surface area contributed by atoms with Crippen LogP contribution in [0.15, 0.2) is 65.5 Å². The van der Waals surface area contributed by atoms with Crippen LogP contribution in [0.1, 0.15) is 12.8 Å². The van der Waals surface area contributed by atoms with Gasteiger partial charge in [-0.15, -0.1) is 0 Å². The summed E-state index contributed by atoms with van der Waals surface area (Å²) in [5.74, 6) is 0.805. The monoisotopic (exact) mass is 581 g/mol. The molecule has 2 aromatic heterocycles. The summed E-state index contributed by atoms with van der Waals surface area (Å²) >= 11 is 19.9. The number of anilines is 1. The van der Waals surface area contributed by atoms with Crippen LogP contribution in [0.25, 0.3) is 27.8 Å². The van der Waals surface area contributed by atoms with Crippen LogP contribution in [0.3, 0.4) is 0 Å². The second-order valence-electron chi connectivity index (χ2n) is 10.2. The van der Waals surface area contributed by atoms with E-state index in [9.17, 15) is 4.79 Å².